The minimum Gasteiger partial charge on any atom is -0.355 e. The topological polar surface area (TPSA) is 63.1 Å². The molecule has 0 bridgehead atoms. The molecule has 1 aromatic heterocycles. The monoisotopic (exact) mass is 341 g/mol. The third-order valence-electron chi connectivity index (χ3n) is 4.04. The summed E-state index contributed by atoms with van der Waals surface area (Å²) in [6.45, 7) is 6.36. The Bertz CT molecular complexity index is 751. The number of nitrogens with zero attached hydrogens (tertiary/aromatic N) is 1. The summed E-state index contributed by atoms with van der Waals surface area (Å²) in [5.41, 5.74) is 1.87. The number of hydrogen-bond acceptors (Lipinski definition) is 3. The Labute approximate surface area is 149 Å². The van der Waals surface area contributed by atoms with Gasteiger partial charge < -0.3 is 15.2 Å². The standard InChI is InChI=1S/C20H27N3O2/c1-15(2)9-10-22-12-17-11-18(19(24)21-3)20(25)23(14-17)13-16-7-5-4-6-8-16/h4-8,11,14-15,22H,9-10,12-13H2,1-3H3,(H,21,24). The average molecular weight is 341 g/mol. The summed E-state index contributed by atoms with van der Waals surface area (Å²) in [6.07, 6.45) is 2.93. The van der Waals surface area contributed by atoms with Crippen LogP contribution in [0.2, 0.25) is 0 Å². The zero-order valence-corrected chi connectivity index (χ0v) is 15.2. The van der Waals surface area contributed by atoms with Gasteiger partial charge in [0.05, 0.1) is 6.54 Å². The fourth-order valence-corrected chi connectivity index (χ4v) is 2.61. The van der Waals surface area contributed by atoms with E-state index in [4.69, 9.17) is 0 Å². The predicted molar refractivity (Wildman–Crippen MR) is 101 cm³/mol. The first-order valence-electron chi connectivity index (χ1n) is 8.71. The van der Waals surface area contributed by atoms with Gasteiger partial charge in [0.15, 0.2) is 0 Å². The molecule has 0 aliphatic rings. The average Bonchev–Trinajstić information content (AvgIpc) is 2.61. The van der Waals surface area contributed by atoms with E-state index in [1.807, 2.05) is 36.5 Å². The highest BCUT2D eigenvalue weighted by molar-refractivity contribution is 5.93. The summed E-state index contributed by atoms with van der Waals surface area (Å²) in [7, 11) is 1.54. The van der Waals surface area contributed by atoms with Crippen LogP contribution in [0.1, 0.15) is 41.8 Å². The number of rotatable bonds is 8. The molecule has 1 heterocycles. The number of carbonyl (C=O) groups is 1. The van der Waals surface area contributed by atoms with Crippen LogP contribution >= 0.6 is 0 Å². The molecule has 0 unspecified atom stereocenters. The van der Waals surface area contributed by atoms with Gasteiger partial charge in [-0.1, -0.05) is 44.2 Å². The highest BCUT2D eigenvalue weighted by Gasteiger charge is 2.13. The van der Waals surface area contributed by atoms with Gasteiger partial charge in [0.25, 0.3) is 11.5 Å². The number of amides is 1. The second-order valence-corrected chi connectivity index (χ2v) is 6.62. The molecule has 25 heavy (non-hydrogen) atoms. The highest BCUT2D eigenvalue weighted by atomic mass is 16.2. The Balaban J connectivity index is 2.25. The van der Waals surface area contributed by atoms with Crippen molar-refractivity contribution in [2.75, 3.05) is 13.6 Å². The molecule has 0 aliphatic heterocycles. The van der Waals surface area contributed by atoms with Crippen LogP contribution in [0, 0.1) is 5.92 Å². The van der Waals surface area contributed by atoms with Crippen molar-refractivity contribution in [1.82, 2.24) is 15.2 Å². The lowest BCUT2D eigenvalue weighted by molar-refractivity contribution is 0.0961. The largest absolute Gasteiger partial charge is 0.355 e. The van der Waals surface area contributed by atoms with Gasteiger partial charge in [-0.3, -0.25) is 9.59 Å². The van der Waals surface area contributed by atoms with Gasteiger partial charge in [0.2, 0.25) is 0 Å². The quantitative estimate of drug-likeness (QED) is 0.725. The van der Waals surface area contributed by atoms with Gasteiger partial charge in [-0.15, -0.1) is 0 Å². The molecule has 0 saturated carbocycles. The van der Waals surface area contributed by atoms with E-state index in [9.17, 15) is 9.59 Å². The van der Waals surface area contributed by atoms with Gasteiger partial charge in [-0.2, -0.15) is 0 Å². The Morgan fingerprint density at radius 2 is 1.88 bits per heavy atom. The third-order valence-corrected chi connectivity index (χ3v) is 4.04. The summed E-state index contributed by atoms with van der Waals surface area (Å²) in [6, 6.07) is 11.5. The van der Waals surface area contributed by atoms with Gasteiger partial charge in [-0.25, -0.2) is 0 Å². The molecule has 0 atom stereocenters. The molecule has 5 nitrogen and oxygen atoms in total. The number of benzene rings is 1. The molecule has 0 saturated heterocycles. The summed E-state index contributed by atoms with van der Waals surface area (Å²) in [4.78, 5) is 24.7. The van der Waals surface area contributed by atoms with Crippen molar-refractivity contribution in [2.45, 2.75) is 33.4 Å². The molecule has 0 spiro atoms. The van der Waals surface area contributed by atoms with Crippen LogP contribution in [-0.4, -0.2) is 24.1 Å². The maximum Gasteiger partial charge on any atom is 0.263 e. The first-order chi connectivity index (χ1) is 12.0. The maximum atomic E-state index is 12.6. The summed E-state index contributed by atoms with van der Waals surface area (Å²) < 4.78 is 1.61. The van der Waals surface area contributed by atoms with Gasteiger partial charge in [0, 0.05) is 19.8 Å². The molecule has 0 radical (unpaired) electrons. The van der Waals surface area contributed by atoms with Crippen LogP contribution in [-0.2, 0) is 13.1 Å². The molecule has 134 valence electrons. The molecule has 5 heteroatoms. The number of hydrogen-bond donors (Lipinski definition) is 2. The molecule has 0 aliphatic carbocycles. The third kappa shape index (κ3) is 5.57. The molecule has 1 aromatic carbocycles. The minimum absolute atomic E-state index is 0.182. The number of pyridine rings is 1. The van der Waals surface area contributed by atoms with Crippen molar-refractivity contribution in [3.8, 4) is 0 Å². The van der Waals surface area contributed by atoms with Crippen molar-refractivity contribution >= 4 is 5.91 Å². The maximum absolute atomic E-state index is 12.6. The minimum atomic E-state index is -0.351. The lowest BCUT2D eigenvalue weighted by atomic mass is 10.1. The van der Waals surface area contributed by atoms with E-state index in [1.54, 1.807) is 10.6 Å². The molecule has 0 fully saturated rings. The van der Waals surface area contributed by atoms with Crippen molar-refractivity contribution in [1.29, 1.82) is 0 Å². The van der Waals surface area contributed by atoms with E-state index in [0.29, 0.717) is 19.0 Å². The number of aromatic nitrogens is 1. The van der Waals surface area contributed by atoms with E-state index in [-0.39, 0.29) is 17.0 Å². The van der Waals surface area contributed by atoms with Crippen LogP contribution in [0.25, 0.3) is 0 Å². The normalized spacial score (nSPS) is 10.9. The van der Waals surface area contributed by atoms with Crippen molar-refractivity contribution in [2.24, 2.45) is 5.92 Å². The van der Waals surface area contributed by atoms with Crippen molar-refractivity contribution < 1.29 is 4.79 Å². The Hall–Kier alpha value is -2.40. The first kappa shape index (κ1) is 18.9. The van der Waals surface area contributed by atoms with Crippen LogP contribution in [0.15, 0.2) is 47.4 Å². The lowest BCUT2D eigenvalue weighted by Crippen LogP contribution is -2.32. The zero-order valence-electron chi connectivity index (χ0n) is 15.2. The van der Waals surface area contributed by atoms with Gasteiger partial charge in [0.1, 0.15) is 5.56 Å². The van der Waals surface area contributed by atoms with E-state index >= 15 is 0 Å². The van der Waals surface area contributed by atoms with E-state index < -0.39 is 0 Å². The second-order valence-electron chi connectivity index (χ2n) is 6.62. The van der Waals surface area contributed by atoms with Gasteiger partial charge in [-0.05, 0) is 36.1 Å². The fourth-order valence-electron chi connectivity index (χ4n) is 2.61. The van der Waals surface area contributed by atoms with Crippen molar-refractivity contribution in [3.05, 3.63) is 69.6 Å². The second kappa shape index (κ2) is 9.18. The van der Waals surface area contributed by atoms with E-state index in [1.165, 1.54) is 7.05 Å². The highest BCUT2D eigenvalue weighted by Crippen LogP contribution is 2.06. The fraction of sp³-hybridized carbons (Fsp3) is 0.400. The van der Waals surface area contributed by atoms with Crippen LogP contribution in [0.5, 0.6) is 0 Å². The van der Waals surface area contributed by atoms with E-state index in [2.05, 4.69) is 24.5 Å². The summed E-state index contributed by atoms with van der Waals surface area (Å²) in [5.74, 6) is 0.289. The number of carbonyl (C=O) groups excluding carboxylic acids is 1. The Kier molecular flexibility index (Phi) is 6.95. The van der Waals surface area contributed by atoms with Crippen LogP contribution in [0.4, 0.5) is 0 Å². The molecular weight excluding hydrogens is 314 g/mol. The van der Waals surface area contributed by atoms with E-state index in [0.717, 1.165) is 24.1 Å². The lowest BCUT2D eigenvalue weighted by Gasteiger charge is -2.13. The SMILES string of the molecule is CNC(=O)c1cc(CNCCC(C)C)cn(Cc2ccccc2)c1=O. The predicted octanol–water partition coefficient (Wildman–Crippen LogP) is 2.39. The Morgan fingerprint density at radius 3 is 2.52 bits per heavy atom. The van der Waals surface area contributed by atoms with Crippen LogP contribution in [0.3, 0.4) is 0 Å². The first-order valence-corrected chi connectivity index (χ1v) is 8.71. The van der Waals surface area contributed by atoms with Gasteiger partial charge >= 0.3 is 0 Å². The smallest absolute Gasteiger partial charge is 0.263 e. The molecule has 2 aromatic rings. The molecule has 2 rings (SSSR count). The summed E-state index contributed by atoms with van der Waals surface area (Å²) >= 11 is 0. The molecular formula is C20H27N3O2. The van der Waals surface area contributed by atoms with Crippen LogP contribution < -0.4 is 16.2 Å². The molecule has 1 amide bonds. The Morgan fingerprint density at radius 1 is 1.16 bits per heavy atom. The van der Waals surface area contributed by atoms with Crippen molar-refractivity contribution in [3.63, 3.8) is 0 Å². The zero-order chi connectivity index (χ0) is 18.2. The number of nitrogens with one attached hydrogen (secondary N) is 2. The molecule has 2 N–H and O–H groups in total. The summed E-state index contributed by atoms with van der Waals surface area (Å²) in [5, 5.41) is 5.93.